The molecule has 0 radical (unpaired) electrons. The molecule has 0 saturated carbocycles. The lowest BCUT2D eigenvalue weighted by atomic mass is 10.1. The second-order valence-corrected chi connectivity index (χ2v) is 9.57. The van der Waals surface area contributed by atoms with Gasteiger partial charge in [0, 0.05) is 25.1 Å². The van der Waals surface area contributed by atoms with Gasteiger partial charge in [-0.3, -0.25) is 14.5 Å². The molecule has 1 unspecified atom stereocenters. The Balaban J connectivity index is 2.29. The van der Waals surface area contributed by atoms with Crippen molar-refractivity contribution in [3.8, 4) is 11.9 Å². The molecule has 1 N–H and O–H groups in total. The molecule has 176 valence electrons. The van der Waals surface area contributed by atoms with Gasteiger partial charge in [-0.15, -0.1) is 0 Å². The minimum atomic E-state index is -4.13. The van der Waals surface area contributed by atoms with Crippen molar-refractivity contribution in [2.45, 2.75) is 31.8 Å². The monoisotopic (exact) mass is 479 g/mol. The van der Waals surface area contributed by atoms with E-state index in [1.165, 1.54) is 30.3 Å². The van der Waals surface area contributed by atoms with Crippen LogP contribution in [0.25, 0.3) is 0 Å². The van der Waals surface area contributed by atoms with Crippen LogP contribution in [-0.4, -0.2) is 50.1 Å². The third kappa shape index (κ3) is 7.84. The van der Waals surface area contributed by atoms with Gasteiger partial charge >= 0.3 is 6.11 Å². The summed E-state index contributed by atoms with van der Waals surface area (Å²) >= 11 is 0. The molecule has 1 atom stereocenters. The highest BCUT2D eigenvalue weighted by molar-refractivity contribution is 7.90. The van der Waals surface area contributed by atoms with Crippen LogP contribution < -0.4 is 10.1 Å². The number of para-hydroxylation sites is 1. The summed E-state index contributed by atoms with van der Waals surface area (Å²) in [4.78, 5) is 25.8. The second kappa shape index (κ2) is 10.4. The Morgan fingerprint density at radius 2 is 1.88 bits per heavy atom. The fourth-order valence-corrected chi connectivity index (χ4v) is 4.52. The van der Waals surface area contributed by atoms with E-state index in [9.17, 15) is 26.8 Å². The quantitative estimate of drug-likeness (QED) is 0.437. The number of ether oxygens (including phenoxy) is 1. The predicted octanol–water partition coefficient (Wildman–Crippen LogP) is 2.64. The molecule has 0 bridgehead atoms. The van der Waals surface area contributed by atoms with Crippen molar-refractivity contribution < 1.29 is 31.5 Å². The van der Waals surface area contributed by atoms with Crippen molar-refractivity contribution in [1.82, 2.24) is 10.2 Å². The number of alkyl halides is 2. The molecule has 0 fully saturated rings. The molecule has 2 amide bonds. The summed E-state index contributed by atoms with van der Waals surface area (Å²) in [5, 5.41) is 11.4. The van der Waals surface area contributed by atoms with Crippen molar-refractivity contribution in [3.05, 3.63) is 65.2 Å². The molecule has 2 rings (SSSR count). The summed E-state index contributed by atoms with van der Waals surface area (Å²) in [5.41, 5.74) is 0.939. The summed E-state index contributed by atoms with van der Waals surface area (Å²) in [5.74, 6) is -3.54. The van der Waals surface area contributed by atoms with Crippen LogP contribution >= 0.6 is 0 Å². The largest absolute Gasteiger partial charge is 0.432 e. The van der Waals surface area contributed by atoms with Crippen LogP contribution in [0.4, 0.5) is 8.78 Å². The number of hydrogen-bond donors (Lipinski definition) is 1. The van der Waals surface area contributed by atoms with Crippen molar-refractivity contribution in [3.63, 3.8) is 0 Å². The van der Waals surface area contributed by atoms with Crippen molar-refractivity contribution >= 4 is 21.7 Å². The molecule has 0 aliphatic heterocycles. The number of carbonyl (C=O) groups excluding carboxylic acids is 2. The van der Waals surface area contributed by atoms with Crippen LogP contribution in [0, 0.1) is 18.4 Å². The molecule has 0 spiro atoms. The standard InChI is InChI=1S/C22H23F2N3O5S/c1-15-7-6-9-16(11-15)20(28)26-18(21(29)27(3)14-25)13-33(30,31)12-17-8-4-5-10-19(17)32-22(2,23)24/h4-11,18H,12-13H2,1-3H3,(H,26,28). The van der Waals surface area contributed by atoms with Gasteiger partial charge in [0.1, 0.15) is 11.8 Å². The van der Waals surface area contributed by atoms with E-state index >= 15 is 0 Å². The predicted molar refractivity (Wildman–Crippen MR) is 116 cm³/mol. The zero-order valence-corrected chi connectivity index (χ0v) is 19.0. The summed E-state index contributed by atoms with van der Waals surface area (Å²) in [7, 11) is -3.00. The molecular formula is C22H23F2N3O5S. The van der Waals surface area contributed by atoms with Crippen molar-refractivity contribution in [1.29, 1.82) is 5.26 Å². The first-order valence-electron chi connectivity index (χ1n) is 9.71. The Labute approximate surface area is 190 Å². The Morgan fingerprint density at radius 3 is 2.48 bits per heavy atom. The zero-order valence-electron chi connectivity index (χ0n) is 18.2. The van der Waals surface area contributed by atoms with Gasteiger partial charge in [-0.25, -0.2) is 8.42 Å². The fraction of sp³-hybridized carbons (Fsp3) is 0.318. The molecule has 33 heavy (non-hydrogen) atoms. The molecule has 8 nitrogen and oxygen atoms in total. The number of hydrogen-bond acceptors (Lipinski definition) is 6. The lowest BCUT2D eigenvalue weighted by Crippen LogP contribution is -2.50. The topological polar surface area (TPSA) is 117 Å². The number of benzene rings is 2. The summed E-state index contributed by atoms with van der Waals surface area (Å²) in [6, 6.07) is 10.2. The van der Waals surface area contributed by atoms with Gasteiger partial charge in [0.05, 0.1) is 11.5 Å². The lowest BCUT2D eigenvalue weighted by Gasteiger charge is -2.21. The first-order valence-corrected chi connectivity index (χ1v) is 11.5. The summed E-state index contributed by atoms with van der Waals surface area (Å²) in [6.45, 7) is 2.28. The third-order valence-corrected chi connectivity index (χ3v) is 6.01. The Bertz CT molecular complexity index is 1170. The van der Waals surface area contributed by atoms with Gasteiger partial charge in [0.15, 0.2) is 16.0 Å². The third-order valence-electron chi connectivity index (χ3n) is 4.42. The number of nitriles is 1. The molecular weight excluding hydrogens is 456 g/mol. The number of carbonyl (C=O) groups is 2. The number of halogens is 2. The van der Waals surface area contributed by atoms with E-state index in [0.29, 0.717) is 11.8 Å². The number of likely N-dealkylation sites (N-methyl/N-ethyl adjacent to an activating group) is 1. The Hall–Kier alpha value is -3.52. The van der Waals surface area contributed by atoms with Gasteiger partial charge in [0.25, 0.3) is 11.8 Å². The van der Waals surface area contributed by atoms with Crippen LogP contribution in [0.3, 0.4) is 0 Å². The van der Waals surface area contributed by atoms with E-state index in [2.05, 4.69) is 10.1 Å². The fourth-order valence-electron chi connectivity index (χ4n) is 2.95. The van der Waals surface area contributed by atoms with E-state index < -0.39 is 45.3 Å². The molecule has 2 aromatic carbocycles. The number of rotatable bonds is 9. The van der Waals surface area contributed by atoms with E-state index in [1.807, 2.05) is 0 Å². The van der Waals surface area contributed by atoms with E-state index in [0.717, 1.165) is 12.6 Å². The van der Waals surface area contributed by atoms with Crippen LogP contribution in [0.15, 0.2) is 48.5 Å². The number of nitrogens with zero attached hydrogens (tertiary/aromatic N) is 2. The molecule has 0 heterocycles. The van der Waals surface area contributed by atoms with Gasteiger partial charge in [-0.2, -0.15) is 14.0 Å². The van der Waals surface area contributed by atoms with Crippen molar-refractivity contribution in [2.24, 2.45) is 0 Å². The highest BCUT2D eigenvalue weighted by Gasteiger charge is 2.31. The Kier molecular flexibility index (Phi) is 8.11. The summed E-state index contributed by atoms with van der Waals surface area (Å²) < 4.78 is 56.9. The maximum atomic E-state index is 13.3. The van der Waals surface area contributed by atoms with Crippen LogP contribution in [0.2, 0.25) is 0 Å². The smallest absolute Gasteiger partial charge is 0.394 e. The van der Waals surface area contributed by atoms with Gasteiger partial charge in [0.2, 0.25) is 0 Å². The Morgan fingerprint density at radius 1 is 1.21 bits per heavy atom. The van der Waals surface area contributed by atoms with Crippen LogP contribution in [0.1, 0.15) is 28.4 Å². The average molecular weight is 480 g/mol. The summed E-state index contributed by atoms with van der Waals surface area (Å²) in [6.07, 6.45) is -1.96. The highest BCUT2D eigenvalue weighted by Crippen LogP contribution is 2.26. The maximum Gasteiger partial charge on any atom is 0.394 e. The lowest BCUT2D eigenvalue weighted by molar-refractivity contribution is -0.159. The second-order valence-electron chi connectivity index (χ2n) is 7.46. The molecule has 0 aromatic heterocycles. The molecule has 2 aromatic rings. The molecule has 11 heteroatoms. The van der Waals surface area contributed by atoms with E-state index in [-0.39, 0.29) is 16.9 Å². The molecule has 0 aliphatic rings. The van der Waals surface area contributed by atoms with Gasteiger partial charge < -0.3 is 10.1 Å². The minimum Gasteiger partial charge on any atom is -0.432 e. The SMILES string of the molecule is Cc1cccc(C(=O)NC(CS(=O)(=O)Cc2ccccc2OC(C)(F)F)C(=O)N(C)C#N)c1. The average Bonchev–Trinajstić information content (AvgIpc) is 2.72. The first kappa shape index (κ1) is 25.7. The number of nitrogens with one attached hydrogen (secondary N) is 1. The van der Waals surface area contributed by atoms with Gasteiger partial charge in [-0.1, -0.05) is 35.9 Å². The normalized spacial score (nSPS) is 12.4. The van der Waals surface area contributed by atoms with Crippen LogP contribution in [-0.2, 0) is 20.4 Å². The number of amides is 2. The minimum absolute atomic E-state index is 0.0381. The number of aryl methyl sites for hydroxylation is 1. The maximum absolute atomic E-state index is 13.3. The van der Waals surface area contributed by atoms with Crippen molar-refractivity contribution in [2.75, 3.05) is 12.8 Å². The van der Waals surface area contributed by atoms with E-state index in [4.69, 9.17) is 5.26 Å². The zero-order chi connectivity index (χ0) is 24.8. The first-order chi connectivity index (χ1) is 15.3. The van der Waals surface area contributed by atoms with Crippen LogP contribution in [0.5, 0.6) is 5.75 Å². The van der Waals surface area contributed by atoms with E-state index in [1.54, 1.807) is 31.3 Å². The molecule has 0 aliphatic carbocycles. The molecule has 0 saturated heterocycles. The highest BCUT2D eigenvalue weighted by atomic mass is 32.2. The number of sulfone groups is 1. The van der Waals surface area contributed by atoms with Gasteiger partial charge in [-0.05, 0) is 25.1 Å².